The summed E-state index contributed by atoms with van der Waals surface area (Å²) < 4.78 is 8.11. The van der Waals surface area contributed by atoms with E-state index >= 15 is 0 Å². The average Bonchev–Trinajstić information content (AvgIpc) is 3.39. The number of ether oxygens (including phenoxy) is 1. The van der Waals surface area contributed by atoms with E-state index in [9.17, 15) is 4.79 Å². The van der Waals surface area contributed by atoms with E-state index in [1.807, 2.05) is 79.6 Å². The zero-order valence-corrected chi connectivity index (χ0v) is 17.8. The second-order valence-corrected chi connectivity index (χ2v) is 8.50. The van der Waals surface area contributed by atoms with Crippen molar-refractivity contribution in [1.29, 1.82) is 0 Å². The molecule has 1 atom stereocenters. The fraction of sp³-hybridized carbons (Fsp3) is 0.120. The normalized spacial score (nSPS) is 14.8. The van der Waals surface area contributed by atoms with Gasteiger partial charge in [0.2, 0.25) is 0 Å². The van der Waals surface area contributed by atoms with Crippen LogP contribution in [0.25, 0.3) is 0 Å². The largest absolute Gasteiger partial charge is 0.457 e. The maximum atomic E-state index is 12.9. The molecule has 31 heavy (non-hydrogen) atoms. The van der Waals surface area contributed by atoms with E-state index in [0.717, 1.165) is 28.4 Å². The minimum absolute atomic E-state index is 0.154. The number of aryl methyl sites for hydroxylation is 1. The molecule has 2 aromatic heterocycles. The van der Waals surface area contributed by atoms with E-state index in [2.05, 4.69) is 20.9 Å². The number of carbonyl (C=O) groups is 1. The predicted molar refractivity (Wildman–Crippen MR) is 124 cm³/mol. The van der Waals surface area contributed by atoms with Crippen LogP contribution in [0.4, 0.5) is 5.69 Å². The molecule has 4 aromatic rings. The summed E-state index contributed by atoms with van der Waals surface area (Å²) >= 11 is 1.82. The number of hydrogen-bond donors (Lipinski definition) is 1. The molecule has 0 fully saturated rings. The van der Waals surface area contributed by atoms with Gasteiger partial charge in [0.05, 0.1) is 11.4 Å². The molecular formula is C25H21N3O2S. The molecule has 3 heterocycles. The first-order chi connectivity index (χ1) is 15.2. The third-order valence-corrected chi connectivity index (χ3v) is 6.48. The predicted octanol–water partition coefficient (Wildman–Crippen LogP) is 6.03. The quantitative estimate of drug-likeness (QED) is 0.422. The van der Waals surface area contributed by atoms with Gasteiger partial charge in [0.25, 0.3) is 5.91 Å². The van der Waals surface area contributed by atoms with Crippen molar-refractivity contribution in [2.75, 3.05) is 5.32 Å². The third kappa shape index (κ3) is 4.07. The van der Waals surface area contributed by atoms with Gasteiger partial charge in [-0.15, -0.1) is 11.8 Å². The summed E-state index contributed by atoms with van der Waals surface area (Å²) in [4.78, 5) is 17.2. The second-order valence-electron chi connectivity index (χ2n) is 7.43. The summed E-state index contributed by atoms with van der Waals surface area (Å²) in [6.45, 7) is 2.03. The minimum atomic E-state index is -0.154. The summed E-state index contributed by atoms with van der Waals surface area (Å²) in [5.41, 5.74) is 4.83. The van der Waals surface area contributed by atoms with Crippen LogP contribution in [0, 0.1) is 6.92 Å². The summed E-state index contributed by atoms with van der Waals surface area (Å²) in [7, 11) is 0. The number of carbonyl (C=O) groups excluding carboxylic acids is 1. The van der Waals surface area contributed by atoms with Crippen LogP contribution >= 0.6 is 11.8 Å². The molecule has 5 rings (SSSR count). The van der Waals surface area contributed by atoms with Gasteiger partial charge in [-0.2, -0.15) is 0 Å². The average molecular weight is 428 g/mol. The highest BCUT2D eigenvalue weighted by Gasteiger charge is 2.27. The molecule has 0 bridgehead atoms. The summed E-state index contributed by atoms with van der Waals surface area (Å²) in [5.74, 6) is 2.05. The number of fused-ring (bicyclic) bond motifs is 1. The molecule has 1 N–H and O–H groups in total. The Balaban J connectivity index is 1.32. The standard InChI is InChI=1S/C25H21N3O2S/c1-17-7-9-20(10-8-17)30-21-6-2-4-18(14-21)24(29)27-22-11-13-28-23(22)16-31-25(28)19-5-3-12-26-15-19/h2-15,25H,16H2,1H3,(H,27,29). The minimum Gasteiger partial charge on any atom is -0.457 e. The Hall–Kier alpha value is -3.51. The van der Waals surface area contributed by atoms with E-state index in [1.165, 1.54) is 5.56 Å². The molecule has 1 unspecified atom stereocenters. The van der Waals surface area contributed by atoms with Crippen LogP contribution in [0.15, 0.2) is 85.3 Å². The first-order valence-corrected chi connectivity index (χ1v) is 11.1. The number of amides is 1. The highest BCUT2D eigenvalue weighted by Crippen LogP contribution is 2.43. The molecule has 5 nitrogen and oxygen atoms in total. The Bertz CT molecular complexity index is 1220. The van der Waals surface area contributed by atoms with Crippen LogP contribution in [0.1, 0.15) is 32.6 Å². The fourth-order valence-electron chi connectivity index (χ4n) is 3.62. The second kappa shape index (κ2) is 8.32. The number of anilines is 1. The van der Waals surface area contributed by atoms with Crippen molar-refractivity contribution in [3.63, 3.8) is 0 Å². The number of nitrogens with one attached hydrogen (secondary N) is 1. The number of nitrogens with zero attached hydrogens (tertiary/aromatic N) is 2. The molecular weight excluding hydrogens is 406 g/mol. The zero-order valence-electron chi connectivity index (χ0n) is 17.0. The maximum Gasteiger partial charge on any atom is 0.255 e. The van der Waals surface area contributed by atoms with Gasteiger partial charge in [-0.25, -0.2) is 0 Å². The summed E-state index contributed by atoms with van der Waals surface area (Å²) in [6, 6.07) is 21.1. The van der Waals surface area contributed by atoms with Crippen LogP contribution in [0.2, 0.25) is 0 Å². The molecule has 0 saturated heterocycles. The van der Waals surface area contributed by atoms with Crippen molar-refractivity contribution >= 4 is 23.4 Å². The Morgan fingerprint density at radius 2 is 1.97 bits per heavy atom. The number of benzene rings is 2. The van der Waals surface area contributed by atoms with Gasteiger partial charge in [0.15, 0.2) is 0 Å². The van der Waals surface area contributed by atoms with Gasteiger partial charge >= 0.3 is 0 Å². The van der Waals surface area contributed by atoms with Gasteiger partial charge in [0, 0.05) is 35.5 Å². The SMILES string of the molecule is Cc1ccc(Oc2cccc(C(=O)Nc3ccn4c3CSC4c3cccnc3)c2)cc1. The monoisotopic (exact) mass is 427 g/mol. The molecule has 1 aliphatic heterocycles. The number of hydrogen-bond acceptors (Lipinski definition) is 4. The lowest BCUT2D eigenvalue weighted by atomic mass is 10.2. The van der Waals surface area contributed by atoms with Crippen molar-refractivity contribution in [2.24, 2.45) is 0 Å². The highest BCUT2D eigenvalue weighted by atomic mass is 32.2. The van der Waals surface area contributed by atoms with Gasteiger partial charge in [-0.1, -0.05) is 29.8 Å². The molecule has 154 valence electrons. The first kappa shape index (κ1) is 19.5. The fourth-order valence-corrected chi connectivity index (χ4v) is 4.93. The molecule has 0 aliphatic carbocycles. The van der Waals surface area contributed by atoms with Crippen LogP contribution in [-0.2, 0) is 5.75 Å². The van der Waals surface area contributed by atoms with Crippen molar-refractivity contribution in [2.45, 2.75) is 18.1 Å². The Morgan fingerprint density at radius 1 is 1.10 bits per heavy atom. The van der Waals surface area contributed by atoms with E-state index in [1.54, 1.807) is 18.3 Å². The number of rotatable bonds is 5. The molecule has 0 saturated carbocycles. The van der Waals surface area contributed by atoms with Crippen LogP contribution < -0.4 is 10.1 Å². The van der Waals surface area contributed by atoms with Crippen molar-refractivity contribution < 1.29 is 9.53 Å². The maximum absolute atomic E-state index is 12.9. The smallest absolute Gasteiger partial charge is 0.255 e. The van der Waals surface area contributed by atoms with E-state index in [0.29, 0.717) is 11.3 Å². The first-order valence-electron chi connectivity index (χ1n) is 10.0. The van der Waals surface area contributed by atoms with E-state index < -0.39 is 0 Å². The molecule has 6 heteroatoms. The van der Waals surface area contributed by atoms with Gasteiger partial charge in [-0.3, -0.25) is 9.78 Å². The zero-order chi connectivity index (χ0) is 21.2. The summed E-state index contributed by atoms with van der Waals surface area (Å²) in [5, 5.41) is 3.25. The Kier molecular flexibility index (Phi) is 5.22. The molecule has 1 aliphatic rings. The molecule has 0 radical (unpaired) electrons. The number of pyridine rings is 1. The molecule has 0 spiro atoms. The van der Waals surface area contributed by atoms with E-state index in [4.69, 9.17) is 4.74 Å². The lowest BCUT2D eigenvalue weighted by Crippen LogP contribution is -2.12. The van der Waals surface area contributed by atoms with Crippen LogP contribution in [0.5, 0.6) is 11.5 Å². The van der Waals surface area contributed by atoms with Gasteiger partial charge in [0.1, 0.15) is 16.9 Å². The van der Waals surface area contributed by atoms with Gasteiger partial charge < -0.3 is 14.6 Å². The number of aromatic nitrogens is 2. The van der Waals surface area contributed by atoms with Crippen LogP contribution in [0.3, 0.4) is 0 Å². The van der Waals surface area contributed by atoms with Crippen LogP contribution in [-0.4, -0.2) is 15.5 Å². The lowest BCUT2D eigenvalue weighted by Gasteiger charge is -2.12. The number of thioether (sulfide) groups is 1. The van der Waals surface area contributed by atoms with Crippen molar-refractivity contribution in [1.82, 2.24) is 9.55 Å². The van der Waals surface area contributed by atoms with Crippen molar-refractivity contribution in [3.05, 3.63) is 108 Å². The van der Waals surface area contributed by atoms with Gasteiger partial charge in [-0.05, 0) is 49.4 Å². The van der Waals surface area contributed by atoms with E-state index in [-0.39, 0.29) is 11.3 Å². The molecule has 1 amide bonds. The third-order valence-electron chi connectivity index (χ3n) is 5.23. The Labute approximate surface area is 185 Å². The topological polar surface area (TPSA) is 56.1 Å². The summed E-state index contributed by atoms with van der Waals surface area (Å²) in [6.07, 6.45) is 5.70. The highest BCUT2D eigenvalue weighted by molar-refractivity contribution is 7.99. The molecule has 2 aromatic carbocycles. The Morgan fingerprint density at radius 3 is 2.77 bits per heavy atom. The van der Waals surface area contributed by atoms with Crippen molar-refractivity contribution in [3.8, 4) is 11.5 Å². The lowest BCUT2D eigenvalue weighted by molar-refractivity contribution is 0.102.